The van der Waals surface area contributed by atoms with E-state index in [-0.39, 0.29) is 5.02 Å². The van der Waals surface area contributed by atoms with Gasteiger partial charge in [-0.3, -0.25) is 4.68 Å². The minimum atomic E-state index is -0.393. The molecule has 102 valence electrons. The molecule has 1 heterocycles. The van der Waals surface area contributed by atoms with E-state index >= 15 is 0 Å². The average molecular weight is 282 g/mol. The third-order valence-electron chi connectivity index (χ3n) is 3.09. The van der Waals surface area contributed by atoms with Gasteiger partial charge >= 0.3 is 0 Å². The van der Waals surface area contributed by atoms with E-state index in [1.807, 2.05) is 17.8 Å². The van der Waals surface area contributed by atoms with Gasteiger partial charge in [0.25, 0.3) is 0 Å². The summed E-state index contributed by atoms with van der Waals surface area (Å²) in [5.74, 6) is -0.393. The fourth-order valence-corrected chi connectivity index (χ4v) is 2.09. The molecule has 0 amide bonds. The van der Waals surface area contributed by atoms with E-state index in [9.17, 15) is 4.39 Å². The number of rotatable bonds is 5. The van der Waals surface area contributed by atoms with Crippen LogP contribution in [0.3, 0.4) is 0 Å². The van der Waals surface area contributed by atoms with E-state index in [1.54, 1.807) is 12.1 Å². The number of benzene rings is 1. The summed E-state index contributed by atoms with van der Waals surface area (Å²) in [6.45, 7) is 6.44. The minimum Gasteiger partial charge on any atom is -0.313 e. The van der Waals surface area contributed by atoms with Gasteiger partial charge in [-0.2, -0.15) is 5.10 Å². The van der Waals surface area contributed by atoms with Crippen molar-refractivity contribution in [2.45, 2.75) is 26.9 Å². The highest BCUT2D eigenvalue weighted by Gasteiger charge is 2.07. The first-order valence-electron chi connectivity index (χ1n) is 6.27. The molecule has 1 aromatic carbocycles. The molecule has 2 rings (SSSR count). The van der Waals surface area contributed by atoms with E-state index in [0.29, 0.717) is 6.54 Å². The predicted molar refractivity (Wildman–Crippen MR) is 74.9 cm³/mol. The molecule has 0 aliphatic rings. The number of nitrogens with zero attached hydrogens (tertiary/aromatic N) is 2. The summed E-state index contributed by atoms with van der Waals surface area (Å²) in [4.78, 5) is 0. The number of nitrogens with one attached hydrogen (secondary N) is 1. The Morgan fingerprint density at radius 1 is 1.42 bits per heavy atom. The van der Waals surface area contributed by atoms with Crippen molar-refractivity contribution in [1.82, 2.24) is 15.1 Å². The van der Waals surface area contributed by atoms with E-state index < -0.39 is 5.82 Å². The van der Waals surface area contributed by atoms with Crippen LogP contribution in [0, 0.1) is 12.7 Å². The Kier molecular flexibility index (Phi) is 4.56. The highest BCUT2D eigenvalue weighted by Crippen LogP contribution is 2.17. The van der Waals surface area contributed by atoms with Crippen LogP contribution in [0.15, 0.2) is 24.4 Å². The standard InChI is InChI=1S/C14H17ClFN3/c1-3-17-7-12-8-18-19(10(12)2)9-11-4-5-14(16)13(15)6-11/h4-6,8,17H,3,7,9H2,1-2H3. The average Bonchev–Trinajstić information content (AvgIpc) is 2.73. The second-order valence-corrected chi connectivity index (χ2v) is 4.85. The summed E-state index contributed by atoms with van der Waals surface area (Å²) >= 11 is 5.78. The van der Waals surface area contributed by atoms with E-state index in [1.165, 1.54) is 11.6 Å². The summed E-state index contributed by atoms with van der Waals surface area (Å²) in [5, 5.41) is 7.78. The molecule has 0 fully saturated rings. The normalized spacial score (nSPS) is 10.9. The quantitative estimate of drug-likeness (QED) is 0.912. The van der Waals surface area contributed by atoms with Crippen LogP contribution >= 0.6 is 11.6 Å². The number of aromatic nitrogens is 2. The molecule has 0 bridgehead atoms. The molecule has 0 radical (unpaired) electrons. The van der Waals surface area contributed by atoms with Crippen molar-refractivity contribution in [1.29, 1.82) is 0 Å². The van der Waals surface area contributed by atoms with Crippen molar-refractivity contribution in [3.8, 4) is 0 Å². The molecule has 2 aromatic rings. The van der Waals surface area contributed by atoms with Gasteiger partial charge in [-0.05, 0) is 31.2 Å². The van der Waals surface area contributed by atoms with Crippen LogP contribution in [-0.4, -0.2) is 16.3 Å². The molecular formula is C14H17ClFN3. The van der Waals surface area contributed by atoms with Gasteiger partial charge in [0.15, 0.2) is 0 Å². The zero-order valence-electron chi connectivity index (χ0n) is 11.1. The first kappa shape index (κ1) is 14.0. The summed E-state index contributed by atoms with van der Waals surface area (Å²) in [6, 6.07) is 4.75. The molecule has 0 aliphatic carbocycles. The SMILES string of the molecule is CCNCc1cnn(Cc2ccc(F)c(Cl)c2)c1C. The molecule has 0 aliphatic heterocycles. The van der Waals surface area contributed by atoms with E-state index in [4.69, 9.17) is 11.6 Å². The lowest BCUT2D eigenvalue weighted by atomic mass is 10.2. The van der Waals surface area contributed by atoms with Gasteiger partial charge in [0.05, 0.1) is 17.8 Å². The monoisotopic (exact) mass is 281 g/mol. The van der Waals surface area contributed by atoms with Crippen LogP contribution in [0.5, 0.6) is 0 Å². The molecule has 0 unspecified atom stereocenters. The van der Waals surface area contributed by atoms with Crippen LogP contribution in [0.1, 0.15) is 23.7 Å². The first-order valence-corrected chi connectivity index (χ1v) is 6.65. The van der Waals surface area contributed by atoms with Gasteiger partial charge in [0.2, 0.25) is 0 Å². The largest absolute Gasteiger partial charge is 0.313 e. The topological polar surface area (TPSA) is 29.9 Å². The van der Waals surface area contributed by atoms with Gasteiger partial charge in [0, 0.05) is 17.8 Å². The lowest BCUT2D eigenvalue weighted by molar-refractivity contribution is 0.623. The van der Waals surface area contributed by atoms with Crippen molar-refractivity contribution in [2.75, 3.05) is 6.54 Å². The highest BCUT2D eigenvalue weighted by molar-refractivity contribution is 6.30. The summed E-state index contributed by atoms with van der Waals surface area (Å²) < 4.78 is 15.0. The Balaban J connectivity index is 2.14. The lowest BCUT2D eigenvalue weighted by Crippen LogP contribution is -2.12. The van der Waals surface area contributed by atoms with Crippen molar-refractivity contribution < 1.29 is 4.39 Å². The molecule has 3 nitrogen and oxygen atoms in total. The lowest BCUT2D eigenvalue weighted by Gasteiger charge is -2.07. The molecule has 0 saturated carbocycles. The highest BCUT2D eigenvalue weighted by atomic mass is 35.5. The maximum atomic E-state index is 13.1. The van der Waals surface area contributed by atoms with E-state index in [2.05, 4.69) is 17.3 Å². The third kappa shape index (κ3) is 3.33. The minimum absolute atomic E-state index is 0.148. The Labute approximate surface area is 117 Å². The second-order valence-electron chi connectivity index (χ2n) is 4.44. The van der Waals surface area contributed by atoms with Gasteiger partial charge in [0.1, 0.15) is 5.82 Å². The Hall–Kier alpha value is -1.39. The van der Waals surface area contributed by atoms with Crippen molar-refractivity contribution in [3.63, 3.8) is 0 Å². The van der Waals surface area contributed by atoms with Gasteiger partial charge in [-0.15, -0.1) is 0 Å². The molecule has 1 N–H and O–H groups in total. The van der Waals surface area contributed by atoms with Crippen molar-refractivity contribution in [3.05, 3.63) is 52.1 Å². The van der Waals surface area contributed by atoms with E-state index in [0.717, 1.165) is 24.3 Å². The van der Waals surface area contributed by atoms with Crippen molar-refractivity contribution in [2.24, 2.45) is 0 Å². The number of hydrogen-bond acceptors (Lipinski definition) is 2. The molecule has 0 saturated heterocycles. The molecule has 19 heavy (non-hydrogen) atoms. The summed E-state index contributed by atoms with van der Waals surface area (Å²) in [7, 11) is 0. The first-order chi connectivity index (χ1) is 9.11. The maximum absolute atomic E-state index is 13.1. The third-order valence-corrected chi connectivity index (χ3v) is 3.38. The molecule has 0 atom stereocenters. The van der Waals surface area contributed by atoms with Crippen molar-refractivity contribution >= 4 is 11.6 Å². The van der Waals surface area contributed by atoms with Crippen LogP contribution in [0.4, 0.5) is 4.39 Å². The Morgan fingerprint density at radius 2 is 2.21 bits per heavy atom. The van der Waals surface area contributed by atoms with Crippen LogP contribution in [0.25, 0.3) is 0 Å². The molecule has 1 aromatic heterocycles. The number of hydrogen-bond donors (Lipinski definition) is 1. The van der Waals surface area contributed by atoms with Crippen LogP contribution < -0.4 is 5.32 Å². The maximum Gasteiger partial charge on any atom is 0.141 e. The van der Waals surface area contributed by atoms with Gasteiger partial charge < -0.3 is 5.32 Å². The molecule has 0 spiro atoms. The fraction of sp³-hybridized carbons (Fsp3) is 0.357. The smallest absolute Gasteiger partial charge is 0.141 e. The summed E-state index contributed by atoms with van der Waals surface area (Å²) in [5.41, 5.74) is 3.23. The molecular weight excluding hydrogens is 265 g/mol. The van der Waals surface area contributed by atoms with Crippen LogP contribution in [0.2, 0.25) is 5.02 Å². The predicted octanol–water partition coefficient (Wildman–Crippen LogP) is 3.14. The zero-order chi connectivity index (χ0) is 13.8. The fourth-order valence-electron chi connectivity index (χ4n) is 1.89. The van der Waals surface area contributed by atoms with Crippen LogP contribution in [-0.2, 0) is 13.1 Å². The Morgan fingerprint density at radius 3 is 2.89 bits per heavy atom. The number of halogens is 2. The second kappa shape index (κ2) is 6.17. The Bertz CT molecular complexity index is 566. The van der Waals surface area contributed by atoms with Gasteiger partial charge in [-0.1, -0.05) is 24.6 Å². The molecule has 5 heteroatoms. The summed E-state index contributed by atoms with van der Waals surface area (Å²) in [6.07, 6.45) is 1.86. The van der Waals surface area contributed by atoms with Gasteiger partial charge in [-0.25, -0.2) is 4.39 Å². The zero-order valence-corrected chi connectivity index (χ0v) is 11.8.